The smallest absolute Gasteiger partial charge is 0.272 e. The predicted molar refractivity (Wildman–Crippen MR) is 130 cm³/mol. The highest BCUT2D eigenvalue weighted by molar-refractivity contribution is 9.10. The SMILES string of the molecule is Cc1cc(Oc2ccc(Br)c(F)c2)c(-c2cn(C)c3c(=O)[nH]ccc23)cc1N1C(=O)CCC1=O. The van der Waals surface area contributed by atoms with Gasteiger partial charge in [-0.2, -0.15) is 0 Å². The number of rotatable bonds is 4. The third-order valence-electron chi connectivity index (χ3n) is 5.90. The van der Waals surface area contributed by atoms with Gasteiger partial charge in [-0.25, -0.2) is 4.39 Å². The van der Waals surface area contributed by atoms with Crippen LogP contribution in [0.5, 0.6) is 11.5 Å². The summed E-state index contributed by atoms with van der Waals surface area (Å²) in [5.74, 6) is -0.332. The van der Waals surface area contributed by atoms with Crippen molar-refractivity contribution in [3.05, 3.63) is 75.0 Å². The van der Waals surface area contributed by atoms with Gasteiger partial charge in [-0.05, 0) is 58.7 Å². The van der Waals surface area contributed by atoms with Crippen molar-refractivity contribution in [2.24, 2.45) is 7.05 Å². The standard InChI is InChI=1S/C25H19BrFN3O4/c1-13-9-21(34-14-3-4-18(26)19(27)10-14)16(11-20(13)30-22(31)5-6-23(30)32)17-12-29(2)24-15(17)7-8-28-25(24)33/h3-4,7-12H,5-6H2,1-2H3,(H,28,33). The maximum atomic E-state index is 14.1. The number of anilines is 1. The Hall–Kier alpha value is -3.72. The van der Waals surface area contributed by atoms with E-state index in [1.165, 1.54) is 11.0 Å². The lowest BCUT2D eigenvalue weighted by atomic mass is 10.0. The first-order valence-corrected chi connectivity index (χ1v) is 11.3. The van der Waals surface area contributed by atoms with E-state index in [1.54, 1.807) is 61.3 Å². The first-order valence-electron chi connectivity index (χ1n) is 10.5. The summed E-state index contributed by atoms with van der Waals surface area (Å²) >= 11 is 3.14. The second-order valence-electron chi connectivity index (χ2n) is 8.16. The van der Waals surface area contributed by atoms with Crippen LogP contribution in [-0.2, 0) is 16.6 Å². The van der Waals surface area contributed by atoms with Crippen LogP contribution in [0.3, 0.4) is 0 Å². The maximum Gasteiger partial charge on any atom is 0.272 e. The molecule has 2 aromatic heterocycles. The molecule has 0 saturated carbocycles. The van der Waals surface area contributed by atoms with Crippen molar-refractivity contribution in [1.82, 2.24) is 9.55 Å². The number of aryl methyl sites for hydroxylation is 2. The Balaban J connectivity index is 1.75. The van der Waals surface area contributed by atoms with Crippen molar-refractivity contribution < 1.29 is 18.7 Å². The Bertz CT molecular complexity index is 1540. The first kappa shape index (κ1) is 22.1. The Kier molecular flexibility index (Phi) is 5.36. The van der Waals surface area contributed by atoms with Crippen LogP contribution < -0.4 is 15.2 Å². The van der Waals surface area contributed by atoms with Crippen molar-refractivity contribution in [1.29, 1.82) is 0 Å². The van der Waals surface area contributed by atoms with Gasteiger partial charge in [0.05, 0.1) is 10.2 Å². The lowest BCUT2D eigenvalue weighted by Gasteiger charge is -2.20. The molecule has 0 aliphatic carbocycles. The molecule has 4 aromatic rings. The van der Waals surface area contributed by atoms with E-state index in [0.29, 0.717) is 43.5 Å². The van der Waals surface area contributed by atoms with Crippen LogP contribution in [0.15, 0.2) is 58.1 Å². The molecule has 2 amide bonds. The lowest BCUT2D eigenvalue weighted by Crippen LogP contribution is -2.29. The monoisotopic (exact) mass is 523 g/mol. The van der Waals surface area contributed by atoms with Crippen LogP contribution in [0, 0.1) is 12.7 Å². The van der Waals surface area contributed by atoms with Crippen LogP contribution in [0.1, 0.15) is 18.4 Å². The zero-order valence-corrected chi connectivity index (χ0v) is 19.9. The van der Waals surface area contributed by atoms with Crippen LogP contribution in [0.4, 0.5) is 10.1 Å². The molecule has 0 radical (unpaired) electrons. The number of H-pyrrole nitrogens is 1. The second-order valence-corrected chi connectivity index (χ2v) is 9.01. The molecule has 1 aliphatic rings. The lowest BCUT2D eigenvalue weighted by molar-refractivity contribution is -0.121. The molecule has 34 heavy (non-hydrogen) atoms. The van der Waals surface area contributed by atoms with E-state index in [4.69, 9.17) is 4.74 Å². The highest BCUT2D eigenvalue weighted by Crippen LogP contribution is 2.42. The number of benzene rings is 2. The van der Waals surface area contributed by atoms with E-state index < -0.39 is 5.82 Å². The van der Waals surface area contributed by atoms with Crippen molar-refractivity contribution in [3.8, 4) is 22.6 Å². The van der Waals surface area contributed by atoms with Crippen molar-refractivity contribution in [2.75, 3.05) is 4.90 Å². The summed E-state index contributed by atoms with van der Waals surface area (Å²) in [4.78, 5) is 41.3. The molecule has 0 spiro atoms. The van der Waals surface area contributed by atoms with Gasteiger partial charge in [-0.1, -0.05) is 0 Å². The van der Waals surface area contributed by atoms with Gasteiger partial charge in [0.2, 0.25) is 11.8 Å². The number of nitrogens with zero attached hydrogens (tertiary/aromatic N) is 2. The van der Waals surface area contributed by atoms with Crippen LogP contribution in [0.25, 0.3) is 22.0 Å². The number of aromatic amines is 1. The van der Waals surface area contributed by atoms with E-state index in [2.05, 4.69) is 20.9 Å². The topological polar surface area (TPSA) is 84.4 Å². The number of aromatic nitrogens is 2. The third-order valence-corrected chi connectivity index (χ3v) is 6.54. The van der Waals surface area contributed by atoms with Gasteiger partial charge in [0.15, 0.2) is 0 Å². The number of amides is 2. The molecule has 2 aromatic carbocycles. The van der Waals surface area contributed by atoms with Gasteiger partial charge >= 0.3 is 0 Å². The van der Waals surface area contributed by atoms with Gasteiger partial charge in [0.25, 0.3) is 5.56 Å². The van der Waals surface area contributed by atoms with E-state index in [-0.39, 0.29) is 36.0 Å². The fraction of sp³-hybridized carbons (Fsp3) is 0.160. The molecule has 1 fully saturated rings. The predicted octanol–water partition coefficient (Wildman–Crippen LogP) is 5.19. The molecule has 0 unspecified atom stereocenters. The van der Waals surface area contributed by atoms with Crippen molar-refractivity contribution in [3.63, 3.8) is 0 Å². The molecule has 7 nitrogen and oxygen atoms in total. The number of fused-ring (bicyclic) bond motifs is 1. The average Bonchev–Trinajstić information content (AvgIpc) is 3.31. The minimum atomic E-state index is -0.475. The fourth-order valence-electron chi connectivity index (χ4n) is 4.30. The number of carbonyl (C=O) groups is 2. The Morgan fingerprint density at radius 2 is 1.76 bits per heavy atom. The summed E-state index contributed by atoms with van der Waals surface area (Å²) in [6, 6.07) is 9.65. The molecule has 3 heterocycles. The third kappa shape index (κ3) is 3.62. The van der Waals surface area contributed by atoms with Gasteiger partial charge in [-0.3, -0.25) is 19.3 Å². The number of hydrogen-bond donors (Lipinski definition) is 1. The number of hydrogen-bond acceptors (Lipinski definition) is 4. The van der Waals surface area contributed by atoms with E-state index in [1.807, 2.05) is 0 Å². The Morgan fingerprint density at radius 1 is 1.03 bits per heavy atom. The summed E-state index contributed by atoms with van der Waals surface area (Å²) < 4.78 is 22.3. The van der Waals surface area contributed by atoms with E-state index >= 15 is 0 Å². The minimum Gasteiger partial charge on any atom is -0.457 e. The van der Waals surface area contributed by atoms with Crippen molar-refractivity contribution in [2.45, 2.75) is 19.8 Å². The summed E-state index contributed by atoms with van der Waals surface area (Å²) in [5.41, 5.74) is 2.57. The van der Waals surface area contributed by atoms with Gasteiger partial charge in [0.1, 0.15) is 22.8 Å². The molecule has 9 heteroatoms. The molecule has 0 atom stereocenters. The fourth-order valence-corrected chi connectivity index (χ4v) is 4.55. The van der Waals surface area contributed by atoms with E-state index in [9.17, 15) is 18.8 Å². The summed E-state index contributed by atoms with van der Waals surface area (Å²) in [7, 11) is 1.76. The molecule has 1 N–H and O–H groups in total. The zero-order valence-electron chi connectivity index (χ0n) is 18.3. The van der Waals surface area contributed by atoms with E-state index in [0.717, 1.165) is 0 Å². The number of ether oxygens (including phenoxy) is 1. The van der Waals surface area contributed by atoms with Gasteiger partial charge in [0, 0.05) is 54.9 Å². The minimum absolute atomic E-state index is 0.160. The van der Waals surface area contributed by atoms with Gasteiger partial charge < -0.3 is 14.3 Å². The zero-order chi connectivity index (χ0) is 24.1. The number of carbonyl (C=O) groups excluding carboxylic acids is 2. The first-order chi connectivity index (χ1) is 16.2. The van der Waals surface area contributed by atoms with Crippen LogP contribution in [0.2, 0.25) is 0 Å². The Morgan fingerprint density at radius 3 is 2.47 bits per heavy atom. The highest BCUT2D eigenvalue weighted by Gasteiger charge is 2.32. The molecule has 1 aliphatic heterocycles. The molecule has 172 valence electrons. The number of pyridine rings is 1. The average molecular weight is 524 g/mol. The normalized spacial score (nSPS) is 13.8. The molecular weight excluding hydrogens is 505 g/mol. The number of nitrogens with one attached hydrogen (secondary N) is 1. The highest BCUT2D eigenvalue weighted by atomic mass is 79.9. The quantitative estimate of drug-likeness (QED) is 0.373. The summed E-state index contributed by atoms with van der Waals surface area (Å²) in [6.07, 6.45) is 3.67. The maximum absolute atomic E-state index is 14.1. The molecular formula is C25H19BrFN3O4. The van der Waals surface area contributed by atoms with Crippen LogP contribution in [-0.4, -0.2) is 21.4 Å². The van der Waals surface area contributed by atoms with Gasteiger partial charge in [-0.15, -0.1) is 0 Å². The Labute approximate surface area is 201 Å². The van der Waals surface area contributed by atoms with Crippen LogP contribution >= 0.6 is 15.9 Å². The number of imide groups is 1. The second kappa shape index (κ2) is 8.25. The molecule has 1 saturated heterocycles. The largest absolute Gasteiger partial charge is 0.457 e. The summed E-state index contributed by atoms with van der Waals surface area (Å²) in [5, 5.41) is 0.673. The van der Waals surface area contributed by atoms with Crippen molar-refractivity contribution >= 4 is 44.3 Å². The number of halogens is 2. The molecule has 0 bridgehead atoms. The molecule has 5 rings (SSSR count). The summed E-state index contributed by atoms with van der Waals surface area (Å²) in [6.45, 7) is 1.78.